The monoisotopic (exact) mass is 376 g/mol. The number of benzene rings is 2. The second kappa shape index (κ2) is 9.10. The summed E-state index contributed by atoms with van der Waals surface area (Å²) < 4.78 is 15.9. The highest BCUT2D eigenvalue weighted by molar-refractivity contribution is 6.31. The highest BCUT2D eigenvalue weighted by Gasteiger charge is 2.09. The third-order valence-corrected chi connectivity index (χ3v) is 4.07. The van der Waals surface area contributed by atoms with Crippen LogP contribution in [0.25, 0.3) is 0 Å². The minimum absolute atomic E-state index is 0.155. The number of hydrazone groups is 1. The molecule has 1 N–H and O–H groups in total. The molecule has 0 aliphatic heterocycles. The molecule has 2 rings (SSSR count). The molecule has 0 aliphatic carbocycles. The van der Waals surface area contributed by atoms with E-state index in [1.54, 1.807) is 51.5 Å². The van der Waals surface area contributed by atoms with E-state index in [0.717, 1.165) is 11.1 Å². The van der Waals surface area contributed by atoms with Crippen LogP contribution in [0.2, 0.25) is 5.02 Å². The van der Waals surface area contributed by atoms with Crippen molar-refractivity contribution in [3.8, 4) is 17.2 Å². The Labute approximate surface area is 157 Å². The van der Waals surface area contributed by atoms with Crippen LogP contribution in [0.3, 0.4) is 0 Å². The van der Waals surface area contributed by atoms with Gasteiger partial charge in [-0.3, -0.25) is 4.79 Å². The average molecular weight is 377 g/mol. The van der Waals surface area contributed by atoms with Gasteiger partial charge in [0.05, 0.1) is 19.9 Å². The van der Waals surface area contributed by atoms with Crippen molar-refractivity contribution in [3.05, 3.63) is 52.5 Å². The lowest BCUT2D eigenvalue weighted by atomic mass is 10.1. The van der Waals surface area contributed by atoms with Crippen LogP contribution < -0.4 is 19.6 Å². The van der Waals surface area contributed by atoms with Crippen LogP contribution in [-0.4, -0.2) is 32.4 Å². The van der Waals surface area contributed by atoms with Gasteiger partial charge in [-0.05, 0) is 49.7 Å². The van der Waals surface area contributed by atoms with Crippen molar-refractivity contribution >= 4 is 23.2 Å². The summed E-state index contributed by atoms with van der Waals surface area (Å²) in [5, 5.41) is 4.75. The van der Waals surface area contributed by atoms with Crippen LogP contribution in [0.5, 0.6) is 17.2 Å². The van der Waals surface area contributed by atoms with E-state index in [4.69, 9.17) is 25.8 Å². The van der Waals surface area contributed by atoms with Gasteiger partial charge < -0.3 is 14.2 Å². The van der Waals surface area contributed by atoms with E-state index in [9.17, 15) is 4.79 Å². The number of methoxy groups -OCH3 is 2. The van der Waals surface area contributed by atoms with Crippen molar-refractivity contribution in [2.45, 2.75) is 13.8 Å². The van der Waals surface area contributed by atoms with Crippen molar-refractivity contribution in [3.63, 3.8) is 0 Å². The normalized spacial score (nSPS) is 11.0. The van der Waals surface area contributed by atoms with Crippen LogP contribution in [0.15, 0.2) is 41.5 Å². The second-order valence-corrected chi connectivity index (χ2v) is 5.91. The van der Waals surface area contributed by atoms with Crippen LogP contribution in [0.1, 0.15) is 18.1 Å². The molecule has 0 spiro atoms. The molecule has 0 radical (unpaired) electrons. The van der Waals surface area contributed by atoms with Gasteiger partial charge in [0.2, 0.25) is 0 Å². The van der Waals surface area contributed by atoms with Crippen LogP contribution >= 0.6 is 11.6 Å². The first-order valence-corrected chi connectivity index (χ1v) is 8.27. The largest absolute Gasteiger partial charge is 0.497 e. The van der Waals surface area contributed by atoms with Gasteiger partial charge in [0.1, 0.15) is 17.2 Å². The summed E-state index contributed by atoms with van der Waals surface area (Å²) in [5.41, 5.74) is 4.70. The minimum Gasteiger partial charge on any atom is -0.497 e. The van der Waals surface area contributed by atoms with Crippen molar-refractivity contribution in [1.29, 1.82) is 0 Å². The van der Waals surface area contributed by atoms with Gasteiger partial charge in [0.15, 0.2) is 6.61 Å². The molecule has 0 bridgehead atoms. The molecule has 2 aromatic carbocycles. The molecule has 0 unspecified atom stereocenters. The Kier molecular flexibility index (Phi) is 6.86. The third-order valence-electron chi connectivity index (χ3n) is 3.65. The number of hydrogen-bond acceptors (Lipinski definition) is 5. The summed E-state index contributed by atoms with van der Waals surface area (Å²) in [6.07, 6.45) is 0. The summed E-state index contributed by atoms with van der Waals surface area (Å²) in [6, 6.07) is 10.6. The zero-order valence-electron chi connectivity index (χ0n) is 15.1. The van der Waals surface area contributed by atoms with Gasteiger partial charge in [-0.2, -0.15) is 5.10 Å². The van der Waals surface area contributed by atoms with Crippen molar-refractivity contribution < 1.29 is 19.0 Å². The smallest absolute Gasteiger partial charge is 0.277 e. The summed E-state index contributed by atoms with van der Waals surface area (Å²) in [6.45, 7) is 3.48. The van der Waals surface area contributed by atoms with Crippen molar-refractivity contribution in [2.24, 2.45) is 5.10 Å². The van der Waals surface area contributed by atoms with E-state index in [0.29, 0.717) is 28.0 Å². The second-order valence-electron chi connectivity index (χ2n) is 5.50. The fourth-order valence-corrected chi connectivity index (χ4v) is 2.31. The lowest BCUT2D eigenvalue weighted by molar-refractivity contribution is -0.123. The number of nitrogens with zero attached hydrogens (tertiary/aromatic N) is 1. The highest BCUT2D eigenvalue weighted by atomic mass is 35.5. The molecular weight excluding hydrogens is 356 g/mol. The number of hydrogen-bond donors (Lipinski definition) is 1. The molecule has 7 heteroatoms. The van der Waals surface area contributed by atoms with Gasteiger partial charge in [-0.25, -0.2) is 5.43 Å². The van der Waals surface area contributed by atoms with Crippen molar-refractivity contribution in [1.82, 2.24) is 5.43 Å². The Hall–Kier alpha value is -2.73. The van der Waals surface area contributed by atoms with Gasteiger partial charge >= 0.3 is 0 Å². The first-order chi connectivity index (χ1) is 12.4. The molecular formula is C19H21ClN2O4. The lowest BCUT2D eigenvalue weighted by Crippen LogP contribution is -2.25. The Morgan fingerprint density at radius 2 is 1.85 bits per heavy atom. The lowest BCUT2D eigenvalue weighted by Gasteiger charge is -2.10. The summed E-state index contributed by atoms with van der Waals surface area (Å²) in [7, 11) is 3.14. The number of carbonyl (C=O) groups excluding carboxylic acids is 1. The molecule has 0 atom stereocenters. The number of nitrogens with one attached hydrogen (secondary N) is 1. The quantitative estimate of drug-likeness (QED) is 0.592. The van der Waals surface area contributed by atoms with Gasteiger partial charge in [-0.1, -0.05) is 11.6 Å². The number of aryl methyl sites for hydroxylation is 1. The number of rotatable bonds is 7. The van der Waals surface area contributed by atoms with E-state index in [-0.39, 0.29) is 12.5 Å². The van der Waals surface area contributed by atoms with Crippen LogP contribution in [0.4, 0.5) is 0 Å². The van der Waals surface area contributed by atoms with E-state index in [2.05, 4.69) is 10.5 Å². The number of carbonyl (C=O) groups is 1. The first-order valence-electron chi connectivity index (χ1n) is 7.89. The van der Waals surface area contributed by atoms with E-state index >= 15 is 0 Å². The zero-order chi connectivity index (χ0) is 19.1. The Morgan fingerprint density at radius 1 is 1.12 bits per heavy atom. The minimum atomic E-state index is -0.371. The van der Waals surface area contributed by atoms with Gasteiger partial charge in [0.25, 0.3) is 5.91 Å². The van der Waals surface area contributed by atoms with Crippen LogP contribution in [-0.2, 0) is 4.79 Å². The molecule has 0 saturated heterocycles. The fourth-order valence-electron chi connectivity index (χ4n) is 2.19. The maximum absolute atomic E-state index is 11.9. The van der Waals surface area contributed by atoms with E-state index in [1.165, 1.54) is 0 Å². The molecule has 6 nitrogen and oxygen atoms in total. The summed E-state index contributed by atoms with van der Waals surface area (Å²) >= 11 is 5.96. The Balaban J connectivity index is 1.97. The van der Waals surface area contributed by atoms with E-state index in [1.807, 2.05) is 13.0 Å². The van der Waals surface area contributed by atoms with Gasteiger partial charge in [-0.15, -0.1) is 0 Å². The molecule has 1 amide bonds. The average Bonchev–Trinajstić information content (AvgIpc) is 2.66. The SMILES string of the molecule is COc1ccc(/C(C)=N/NC(=O)COc2ccc(Cl)c(C)c2)c(OC)c1. The van der Waals surface area contributed by atoms with Crippen molar-refractivity contribution in [2.75, 3.05) is 20.8 Å². The fraction of sp³-hybridized carbons (Fsp3) is 0.263. The highest BCUT2D eigenvalue weighted by Crippen LogP contribution is 2.25. The third kappa shape index (κ3) is 5.13. The predicted octanol–water partition coefficient (Wildman–Crippen LogP) is 3.58. The molecule has 2 aromatic rings. The molecule has 0 heterocycles. The number of amides is 1. The Bertz CT molecular complexity index is 821. The summed E-state index contributed by atoms with van der Waals surface area (Å²) in [4.78, 5) is 11.9. The first kappa shape index (κ1) is 19.6. The maximum Gasteiger partial charge on any atom is 0.277 e. The number of ether oxygens (including phenoxy) is 3. The summed E-state index contributed by atoms with van der Waals surface area (Å²) in [5.74, 6) is 1.48. The topological polar surface area (TPSA) is 69.2 Å². The van der Waals surface area contributed by atoms with Gasteiger partial charge in [0, 0.05) is 16.7 Å². The molecule has 0 aliphatic rings. The molecule has 0 aromatic heterocycles. The number of halogens is 1. The molecule has 26 heavy (non-hydrogen) atoms. The van der Waals surface area contributed by atoms with Crippen LogP contribution in [0, 0.1) is 6.92 Å². The maximum atomic E-state index is 11.9. The standard InChI is InChI=1S/C19H21ClN2O4/c1-12-9-15(6-8-17(12)20)26-11-19(23)22-21-13(2)16-7-5-14(24-3)10-18(16)25-4/h5-10H,11H2,1-4H3,(H,22,23)/b21-13+. The zero-order valence-corrected chi connectivity index (χ0v) is 15.9. The predicted molar refractivity (Wildman–Crippen MR) is 102 cm³/mol. The molecule has 0 fully saturated rings. The molecule has 0 saturated carbocycles. The molecule has 138 valence electrons. The Morgan fingerprint density at radius 3 is 2.50 bits per heavy atom. The van der Waals surface area contributed by atoms with E-state index < -0.39 is 0 Å².